The quantitative estimate of drug-likeness (QED) is 0.324. The van der Waals surface area contributed by atoms with Gasteiger partial charge in [0.1, 0.15) is 6.54 Å². The lowest BCUT2D eigenvalue weighted by molar-refractivity contribution is -0.119. The molecule has 0 heterocycles. The van der Waals surface area contributed by atoms with Crippen molar-refractivity contribution < 1.29 is 13.2 Å². The summed E-state index contributed by atoms with van der Waals surface area (Å²) in [5.41, 5.74) is 1.31. The zero-order valence-electron chi connectivity index (χ0n) is 17.4. The van der Waals surface area contributed by atoms with Crippen molar-refractivity contribution >= 4 is 68.2 Å². The number of rotatable bonds is 10. The predicted octanol–water partition coefficient (Wildman–Crippen LogP) is 5.89. The number of carbonyl (C=O) groups excluding carboxylic acids is 1. The maximum absolute atomic E-state index is 13.2. The Morgan fingerprint density at radius 2 is 1.58 bits per heavy atom. The summed E-state index contributed by atoms with van der Waals surface area (Å²) in [6.45, 7) is 0.0289. The van der Waals surface area contributed by atoms with Gasteiger partial charge in [-0.25, -0.2) is 8.42 Å². The van der Waals surface area contributed by atoms with E-state index in [1.165, 1.54) is 12.1 Å². The van der Waals surface area contributed by atoms with E-state index in [1.807, 2.05) is 6.07 Å². The molecular weight excluding hydrogens is 523 g/mol. The maximum atomic E-state index is 13.2. The van der Waals surface area contributed by atoms with Crippen LogP contribution in [-0.2, 0) is 20.6 Å². The molecule has 0 aromatic heterocycles. The number of hydrogen-bond donors (Lipinski definition) is 1. The van der Waals surface area contributed by atoms with Crippen LogP contribution in [0.25, 0.3) is 0 Å². The molecular formula is C23H21Cl3N2O3S2. The minimum Gasteiger partial charge on any atom is -0.354 e. The molecule has 0 unspecified atom stereocenters. The Kier molecular flexibility index (Phi) is 9.35. The first-order valence-electron chi connectivity index (χ1n) is 9.89. The van der Waals surface area contributed by atoms with Gasteiger partial charge in [-0.3, -0.25) is 9.10 Å². The maximum Gasteiger partial charge on any atom is 0.264 e. The highest BCUT2D eigenvalue weighted by molar-refractivity contribution is 7.98. The van der Waals surface area contributed by atoms with Gasteiger partial charge in [-0.15, -0.1) is 0 Å². The third-order valence-corrected chi connectivity index (χ3v) is 8.21. The van der Waals surface area contributed by atoms with Gasteiger partial charge in [0.05, 0.1) is 10.6 Å². The average molecular weight is 544 g/mol. The van der Waals surface area contributed by atoms with E-state index in [1.54, 1.807) is 66.4 Å². The van der Waals surface area contributed by atoms with Crippen molar-refractivity contribution in [3.63, 3.8) is 0 Å². The molecule has 3 aromatic carbocycles. The van der Waals surface area contributed by atoms with Crippen LogP contribution in [-0.4, -0.2) is 33.2 Å². The number of amides is 1. The van der Waals surface area contributed by atoms with Crippen LogP contribution >= 0.6 is 46.6 Å². The van der Waals surface area contributed by atoms with Crippen LogP contribution in [0.15, 0.2) is 77.7 Å². The molecule has 0 aliphatic heterocycles. The van der Waals surface area contributed by atoms with Crippen molar-refractivity contribution in [1.82, 2.24) is 5.32 Å². The van der Waals surface area contributed by atoms with Crippen LogP contribution in [0, 0.1) is 0 Å². The van der Waals surface area contributed by atoms with Crippen molar-refractivity contribution in [3.05, 3.63) is 93.4 Å². The molecule has 5 nitrogen and oxygen atoms in total. The fourth-order valence-electron chi connectivity index (χ4n) is 2.91. The molecule has 1 amide bonds. The lowest BCUT2D eigenvalue weighted by Gasteiger charge is -2.24. The standard InChI is InChI=1S/C23H21Cl3N2O3S2/c24-18-8-10-20(11-9-18)28(33(30,31)21-4-2-1-3-5-21)15-23(29)27-12-13-32-16-17-6-7-19(25)14-22(17)26/h1-11,14H,12-13,15-16H2,(H,27,29). The summed E-state index contributed by atoms with van der Waals surface area (Å²) < 4.78 is 27.5. The van der Waals surface area contributed by atoms with Crippen LogP contribution in [0.5, 0.6) is 0 Å². The zero-order chi connectivity index (χ0) is 23.8. The van der Waals surface area contributed by atoms with Gasteiger partial charge in [0.2, 0.25) is 5.91 Å². The Morgan fingerprint density at radius 1 is 0.909 bits per heavy atom. The van der Waals surface area contributed by atoms with Crippen molar-refractivity contribution in [2.75, 3.05) is 23.1 Å². The highest BCUT2D eigenvalue weighted by Crippen LogP contribution is 2.26. The molecule has 0 aliphatic rings. The third kappa shape index (κ3) is 7.29. The van der Waals surface area contributed by atoms with E-state index in [-0.39, 0.29) is 11.4 Å². The van der Waals surface area contributed by atoms with Crippen LogP contribution in [0.1, 0.15) is 5.56 Å². The second-order valence-electron chi connectivity index (χ2n) is 6.94. The Morgan fingerprint density at radius 3 is 2.24 bits per heavy atom. The molecule has 3 rings (SSSR count). The highest BCUT2D eigenvalue weighted by Gasteiger charge is 2.27. The number of thioether (sulfide) groups is 1. The Balaban J connectivity index is 1.61. The monoisotopic (exact) mass is 542 g/mol. The molecule has 0 radical (unpaired) electrons. The topological polar surface area (TPSA) is 66.5 Å². The normalized spacial score (nSPS) is 11.2. The van der Waals surface area contributed by atoms with Gasteiger partial charge in [-0.1, -0.05) is 59.1 Å². The number of halogens is 3. The fourth-order valence-corrected chi connectivity index (χ4v) is 5.90. The molecule has 0 fully saturated rings. The average Bonchev–Trinajstić information content (AvgIpc) is 2.80. The molecule has 0 aliphatic carbocycles. The van der Waals surface area contributed by atoms with Gasteiger partial charge in [0.25, 0.3) is 10.0 Å². The van der Waals surface area contributed by atoms with Gasteiger partial charge < -0.3 is 5.32 Å². The van der Waals surface area contributed by atoms with E-state index in [4.69, 9.17) is 34.8 Å². The first-order valence-corrected chi connectivity index (χ1v) is 13.6. The van der Waals surface area contributed by atoms with Gasteiger partial charge in [0.15, 0.2) is 0 Å². The first-order chi connectivity index (χ1) is 15.8. The van der Waals surface area contributed by atoms with E-state index < -0.39 is 15.9 Å². The molecule has 0 saturated heterocycles. The predicted molar refractivity (Wildman–Crippen MR) is 138 cm³/mol. The van der Waals surface area contributed by atoms with Crippen LogP contribution in [0.2, 0.25) is 15.1 Å². The molecule has 33 heavy (non-hydrogen) atoms. The smallest absolute Gasteiger partial charge is 0.264 e. The van der Waals surface area contributed by atoms with Crippen molar-refractivity contribution in [1.29, 1.82) is 0 Å². The zero-order valence-corrected chi connectivity index (χ0v) is 21.3. The summed E-state index contributed by atoms with van der Waals surface area (Å²) in [7, 11) is -3.94. The first kappa shape index (κ1) is 25.7. The van der Waals surface area contributed by atoms with E-state index in [9.17, 15) is 13.2 Å². The largest absolute Gasteiger partial charge is 0.354 e. The SMILES string of the molecule is O=C(CN(c1ccc(Cl)cc1)S(=O)(=O)c1ccccc1)NCCSCc1ccc(Cl)cc1Cl. The number of anilines is 1. The van der Waals surface area contributed by atoms with Crippen LogP contribution in [0.4, 0.5) is 5.69 Å². The Labute approximate surface area is 213 Å². The van der Waals surface area contributed by atoms with Crippen molar-refractivity contribution in [2.45, 2.75) is 10.6 Å². The molecule has 0 atom stereocenters. The van der Waals surface area contributed by atoms with Gasteiger partial charge in [0, 0.05) is 33.1 Å². The Hall–Kier alpha value is -1.90. The summed E-state index contributed by atoms with van der Waals surface area (Å²) in [6, 6.07) is 19.6. The van der Waals surface area contributed by atoms with E-state index in [0.29, 0.717) is 38.8 Å². The van der Waals surface area contributed by atoms with Gasteiger partial charge >= 0.3 is 0 Å². The minimum absolute atomic E-state index is 0.100. The number of hydrogen-bond acceptors (Lipinski definition) is 4. The second kappa shape index (κ2) is 12.0. The van der Waals surface area contributed by atoms with Crippen LogP contribution < -0.4 is 9.62 Å². The molecule has 174 valence electrons. The highest BCUT2D eigenvalue weighted by atomic mass is 35.5. The number of benzene rings is 3. The van der Waals surface area contributed by atoms with Gasteiger partial charge in [-0.2, -0.15) is 11.8 Å². The van der Waals surface area contributed by atoms with Gasteiger partial charge in [-0.05, 0) is 54.1 Å². The van der Waals surface area contributed by atoms with E-state index >= 15 is 0 Å². The summed E-state index contributed by atoms with van der Waals surface area (Å²) in [6.07, 6.45) is 0. The van der Waals surface area contributed by atoms with Crippen LogP contribution in [0.3, 0.4) is 0 Å². The van der Waals surface area contributed by atoms with Crippen molar-refractivity contribution in [2.24, 2.45) is 0 Å². The lowest BCUT2D eigenvalue weighted by Crippen LogP contribution is -2.41. The number of nitrogens with zero attached hydrogens (tertiary/aromatic N) is 1. The Bertz CT molecular complexity index is 1190. The molecule has 0 bridgehead atoms. The summed E-state index contributed by atoms with van der Waals surface area (Å²) in [5.74, 6) is 0.900. The second-order valence-corrected chi connectivity index (χ2v) is 11.2. The number of carbonyl (C=O) groups is 1. The lowest BCUT2D eigenvalue weighted by atomic mass is 10.2. The van der Waals surface area contributed by atoms with E-state index in [2.05, 4.69) is 5.32 Å². The minimum atomic E-state index is -3.94. The summed E-state index contributed by atoms with van der Waals surface area (Å²) in [4.78, 5) is 12.7. The molecule has 10 heteroatoms. The van der Waals surface area contributed by atoms with Crippen molar-refractivity contribution in [3.8, 4) is 0 Å². The fraction of sp³-hybridized carbons (Fsp3) is 0.174. The van der Waals surface area contributed by atoms with E-state index in [0.717, 1.165) is 9.87 Å². The third-order valence-electron chi connectivity index (χ3n) is 4.57. The summed E-state index contributed by atoms with van der Waals surface area (Å²) in [5, 5.41) is 4.43. The molecule has 3 aromatic rings. The molecule has 1 N–H and O–H groups in total. The summed E-state index contributed by atoms with van der Waals surface area (Å²) >= 11 is 19.6. The number of nitrogens with one attached hydrogen (secondary N) is 1. The number of sulfonamides is 1. The molecule has 0 saturated carbocycles. The molecule has 0 spiro atoms.